The van der Waals surface area contributed by atoms with Crippen molar-refractivity contribution < 1.29 is 0 Å². The molecule has 132 valence electrons. The monoisotopic (exact) mass is 359 g/mol. The molecule has 0 atom stereocenters. The highest BCUT2D eigenvalue weighted by Gasteiger charge is 2.19. The van der Waals surface area contributed by atoms with Gasteiger partial charge in [0.2, 0.25) is 5.95 Å². The number of hydrogen-bond donors (Lipinski definition) is 0. The number of halogens is 1. The first-order chi connectivity index (χ1) is 12.0. The number of nitrogens with zero attached hydrogens (tertiary/aromatic N) is 7. The van der Waals surface area contributed by atoms with Crippen molar-refractivity contribution in [1.82, 2.24) is 29.4 Å². The van der Waals surface area contributed by atoms with Crippen molar-refractivity contribution in [2.45, 2.75) is 39.5 Å². The zero-order valence-corrected chi connectivity index (χ0v) is 15.6. The molecule has 0 bridgehead atoms. The lowest BCUT2D eigenvalue weighted by molar-refractivity contribution is 0.713. The molecule has 0 spiro atoms. The van der Waals surface area contributed by atoms with Gasteiger partial charge in [0.25, 0.3) is 0 Å². The van der Waals surface area contributed by atoms with Crippen molar-refractivity contribution in [2.24, 2.45) is 7.05 Å². The molecule has 7 nitrogen and oxygen atoms in total. The fraction of sp³-hybridized carbons (Fsp3) is 0.529. The third-order valence-corrected chi connectivity index (χ3v) is 5.14. The second-order valence-electron chi connectivity index (χ2n) is 6.67. The third-order valence-electron chi connectivity index (χ3n) is 4.76. The van der Waals surface area contributed by atoms with Gasteiger partial charge in [-0.1, -0.05) is 11.6 Å². The number of aryl methyl sites for hydroxylation is 5. The largest absolute Gasteiger partial charge is 0.341 e. The average molecular weight is 360 g/mol. The predicted molar refractivity (Wildman–Crippen MR) is 97.3 cm³/mol. The summed E-state index contributed by atoms with van der Waals surface area (Å²) < 4.78 is 3.71. The van der Waals surface area contributed by atoms with E-state index in [2.05, 4.69) is 20.1 Å². The molecule has 0 radical (unpaired) electrons. The number of hydrogen-bond acceptors (Lipinski definition) is 5. The van der Waals surface area contributed by atoms with Crippen molar-refractivity contribution in [3.8, 4) is 0 Å². The lowest BCUT2D eigenvalue weighted by Crippen LogP contribution is -2.21. The fourth-order valence-electron chi connectivity index (χ4n) is 3.36. The van der Waals surface area contributed by atoms with Gasteiger partial charge in [-0.15, -0.1) is 0 Å². The van der Waals surface area contributed by atoms with E-state index in [1.165, 1.54) is 12.8 Å². The molecule has 0 N–H and O–H groups in total. The lowest BCUT2D eigenvalue weighted by atomic mass is 10.2. The molecule has 0 amide bonds. The minimum absolute atomic E-state index is 0.710. The fourth-order valence-corrected chi connectivity index (χ4v) is 3.60. The summed E-state index contributed by atoms with van der Waals surface area (Å²) in [4.78, 5) is 11.7. The first-order valence-electron chi connectivity index (χ1n) is 8.69. The molecule has 0 aliphatic carbocycles. The van der Waals surface area contributed by atoms with Crippen LogP contribution in [0.5, 0.6) is 0 Å². The molecule has 0 aromatic carbocycles. The predicted octanol–water partition coefficient (Wildman–Crippen LogP) is 2.51. The molecular weight excluding hydrogens is 338 g/mol. The van der Waals surface area contributed by atoms with Gasteiger partial charge >= 0.3 is 0 Å². The van der Waals surface area contributed by atoms with Crippen molar-refractivity contribution >= 4 is 23.2 Å². The van der Waals surface area contributed by atoms with E-state index in [1.807, 2.05) is 36.2 Å². The van der Waals surface area contributed by atoms with E-state index in [-0.39, 0.29) is 0 Å². The van der Waals surface area contributed by atoms with E-state index in [0.29, 0.717) is 11.4 Å². The number of anilines is 1. The summed E-state index contributed by atoms with van der Waals surface area (Å²) in [5.41, 5.74) is 2.80. The van der Waals surface area contributed by atoms with Crippen LogP contribution in [-0.4, -0.2) is 42.5 Å². The Kier molecular flexibility index (Phi) is 4.11. The summed E-state index contributed by atoms with van der Waals surface area (Å²) in [6, 6.07) is 1.94. The van der Waals surface area contributed by atoms with E-state index in [1.54, 1.807) is 0 Å². The Labute approximate surface area is 151 Å². The maximum Gasteiger partial charge on any atom is 0.223 e. The van der Waals surface area contributed by atoms with Gasteiger partial charge in [-0.25, -0.2) is 14.2 Å². The SMILES string of the molecule is Cc1cc(Cl)c(C)n2nc(CCc3nc(N4CCCC4)n(C)n3)nc12. The van der Waals surface area contributed by atoms with Crippen LogP contribution in [0.15, 0.2) is 6.07 Å². The molecule has 0 saturated carbocycles. The van der Waals surface area contributed by atoms with Gasteiger partial charge in [0.15, 0.2) is 17.3 Å². The highest BCUT2D eigenvalue weighted by Crippen LogP contribution is 2.21. The van der Waals surface area contributed by atoms with Crippen LogP contribution in [0, 0.1) is 13.8 Å². The van der Waals surface area contributed by atoms with Gasteiger partial charge in [-0.3, -0.25) is 0 Å². The van der Waals surface area contributed by atoms with E-state index in [4.69, 9.17) is 16.6 Å². The van der Waals surface area contributed by atoms with Crippen LogP contribution in [0.4, 0.5) is 5.95 Å². The van der Waals surface area contributed by atoms with Gasteiger partial charge in [0.1, 0.15) is 0 Å². The van der Waals surface area contributed by atoms with E-state index in [0.717, 1.165) is 54.0 Å². The molecule has 1 saturated heterocycles. The molecule has 4 heterocycles. The number of rotatable bonds is 4. The van der Waals surface area contributed by atoms with Crippen molar-refractivity contribution in [3.05, 3.63) is 34.0 Å². The molecule has 8 heteroatoms. The standard InChI is InChI=1S/C17H22ClN7/c1-11-10-13(18)12(2)25-16(11)19-14(22-25)6-7-15-20-17(23(3)21-15)24-8-4-5-9-24/h10H,4-9H2,1-3H3. The summed E-state index contributed by atoms with van der Waals surface area (Å²) in [7, 11) is 1.96. The van der Waals surface area contributed by atoms with Crippen molar-refractivity contribution in [1.29, 1.82) is 0 Å². The zero-order chi connectivity index (χ0) is 17.6. The summed E-state index contributed by atoms with van der Waals surface area (Å²) in [6.07, 6.45) is 3.90. The van der Waals surface area contributed by atoms with Crippen LogP contribution in [0.1, 0.15) is 35.7 Å². The van der Waals surface area contributed by atoms with Gasteiger partial charge in [0, 0.05) is 33.0 Å². The van der Waals surface area contributed by atoms with Crippen molar-refractivity contribution in [3.63, 3.8) is 0 Å². The summed E-state index contributed by atoms with van der Waals surface area (Å²) in [6.45, 7) is 6.09. The molecular formula is C17H22ClN7. The zero-order valence-electron chi connectivity index (χ0n) is 14.8. The smallest absolute Gasteiger partial charge is 0.223 e. The van der Waals surface area contributed by atoms with Crippen LogP contribution in [0.25, 0.3) is 5.65 Å². The summed E-state index contributed by atoms with van der Waals surface area (Å²) in [5.74, 6) is 2.60. The maximum absolute atomic E-state index is 6.24. The number of aromatic nitrogens is 6. The Hall–Kier alpha value is -2.15. The van der Waals surface area contributed by atoms with Crippen LogP contribution in [0.3, 0.4) is 0 Å². The minimum Gasteiger partial charge on any atom is -0.341 e. The van der Waals surface area contributed by atoms with Crippen LogP contribution in [0.2, 0.25) is 5.02 Å². The minimum atomic E-state index is 0.710. The molecule has 25 heavy (non-hydrogen) atoms. The second-order valence-corrected chi connectivity index (χ2v) is 7.08. The Balaban J connectivity index is 1.53. The van der Waals surface area contributed by atoms with E-state index >= 15 is 0 Å². The molecule has 3 aromatic heterocycles. The Morgan fingerprint density at radius 1 is 1.04 bits per heavy atom. The Bertz CT molecular complexity index is 921. The second kappa shape index (κ2) is 6.29. The number of pyridine rings is 1. The van der Waals surface area contributed by atoms with E-state index < -0.39 is 0 Å². The highest BCUT2D eigenvalue weighted by molar-refractivity contribution is 6.31. The molecule has 0 unspecified atom stereocenters. The molecule has 1 fully saturated rings. The number of fused-ring (bicyclic) bond motifs is 1. The van der Waals surface area contributed by atoms with E-state index in [9.17, 15) is 0 Å². The summed E-state index contributed by atoms with van der Waals surface area (Å²) >= 11 is 6.24. The van der Waals surface area contributed by atoms with Gasteiger partial charge in [-0.2, -0.15) is 15.2 Å². The van der Waals surface area contributed by atoms with Crippen molar-refractivity contribution in [2.75, 3.05) is 18.0 Å². The quantitative estimate of drug-likeness (QED) is 0.716. The Morgan fingerprint density at radius 3 is 2.44 bits per heavy atom. The molecule has 1 aliphatic rings. The first-order valence-corrected chi connectivity index (χ1v) is 9.07. The average Bonchev–Trinajstić information content (AvgIpc) is 3.30. The molecule has 1 aliphatic heterocycles. The first kappa shape index (κ1) is 16.3. The lowest BCUT2D eigenvalue weighted by Gasteiger charge is -2.14. The van der Waals surface area contributed by atoms with Gasteiger partial charge in [-0.05, 0) is 38.3 Å². The normalized spacial score (nSPS) is 14.8. The topological polar surface area (TPSA) is 64.1 Å². The van der Waals surface area contributed by atoms with Crippen LogP contribution in [-0.2, 0) is 19.9 Å². The highest BCUT2D eigenvalue weighted by atomic mass is 35.5. The molecule has 3 aromatic rings. The Morgan fingerprint density at radius 2 is 1.72 bits per heavy atom. The van der Waals surface area contributed by atoms with Crippen LogP contribution < -0.4 is 4.90 Å². The molecule has 4 rings (SSSR count). The van der Waals surface area contributed by atoms with Gasteiger partial charge in [0.05, 0.1) is 10.7 Å². The maximum atomic E-state index is 6.24. The van der Waals surface area contributed by atoms with Crippen LogP contribution >= 0.6 is 11.6 Å². The van der Waals surface area contributed by atoms with Gasteiger partial charge < -0.3 is 4.90 Å². The summed E-state index contributed by atoms with van der Waals surface area (Å²) in [5, 5.41) is 9.87. The third kappa shape index (κ3) is 2.97.